The summed E-state index contributed by atoms with van der Waals surface area (Å²) < 4.78 is 0. The average Bonchev–Trinajstić information content (AvgIpc) is 2.43. The second-order valence-corrected chi connectivity index (χ2v) is 6.22. The van der Waals surface area contributed by atoms with Gasteiger partial charge in [-0.1, -0.05) is 89.0 Å². The van der Waals surface area contributed by atoms with Gasteiger partial charge in [-0.05, 0) is 34.3 Å². The van der Waals surface area contributed by atoms with E-state index in [-0.39, 0.29) is 0 Å². The number of unbranched alkanes of at least 4 members (excludes halogenated alkanes) is 10. The predicted octanol–water partition coefficient (Wildman–Crippen LogP) is 7.68. The number of allylic oxidation sites excluding steroid dienone is 2. The Balaban J connectivity index is 3.14. The van der Waals surface area contributed by atoms with Gasteiger partial charge in [-0.3, -0.25) is 0 Å². The van der Waals surface area contributed by atoms with Crippen LogP contribution in [0.15, 0.2) is 23.8 Å². The number of rotatable bonds is 14. The molecule has 0 aromatic heterocycles. The van der Waals surface area contributed by atoms with E-state index >= 15 is 0 Å². The van der Waals surface area contributed by atoms with Gasteiger partial charge in [-0.2, -0.15) is 0 Å². The fourth-order valence-corrected chi connectivity index (χ4v) is 2.69. The Hall–Kier alpha value is -0.0900. The lowest BCUT2D eigenvalue weighted by Gasteiger charge is -1.96. The Morgan fingerprint density at radius 1 is 0.579 bits per heavy atom. The molecule has 0 N–H and O–H groups in total. The van der Waals surface area contributed by atoms with Crippen LogP contribution in [0.5, 0.6) is 0 Å². The first-order valence-electron chi connectivity index (χ1n) is 8.41. The summed E-state index contributed by atoms with van der Waals surface area (Å²) in [6.07, 6.45) is 21.1. The Morgan fingerprint density at radius 3 is 1.42 bits per heavy atom. The molecule has 111 valence electrons. The molecule has 0 saturated carbocycles. The first kappa shape index (κ1) is 18.9. The minimum absolute atomic E-state index is 1.27. The van der Waals surface area contributed by atoms with Gasteiger partial charge in [0, 0.05) is 0 Å². The normalized spacial score (nSPS) is 11.9. The maximum atomic E-state index is 2.35. The first-order valence-corrected chi connectivity index (χ1v) is 9.45. The van der Waals surface area contributed by atoms with E-state index in [1.807, 2.05) is 0 Å². The van der Waals surface area contributed by atoms with Crippen molar-refractivity contribution in [3.63, 3.8) is 0 Å². The van der Waals surface area contributed by atoms with E-state index in [2.05, 4.69) is 37.6 Å². The molecule has 0 saturated heterocycles. The van der Waals surface area contributed by atoms with E-state index < -0.39 is 0 Å². The van der Waals surface area contributed by atoms with E-state index in [1.54, 1.807) is 0 Å². The van der Waals surface area contributed by atoms with Gasteiger partial charge in [0.2, 0.25) is 0 Å². The molecular weight excluding hydrogens is 247 g/mol. The van der Waals surface area contributed by atoms with E-state index in [4.69, 9.17) is 0 Å². The second kappa shape index (κ2) is 17.9. The van der Waals surface area contributed by atoms with Crippen molar-refractivity contribution in [1.29, 1.82) is 0 Å². The summed E-state index contributed by atoms with van der Waals surface area (Å²) in [4.78, 5) is 0. The molecule has 0 spiro atoms. The molecule has 0 nitrogen and oxygen atoms in total. The topological polar surface area (TPSA) is 0 Å². The van der Waals surface area contributed by atoms with Crippen LogP contribution in [-0.4, -0.2) is 0 Å². The van der Waals surface area contributed by atoms with Gasteiger partial charge in [-0.15, -0.1) is 0 Å². The van der Waals surface area contributed by atoms with Crippen LogP contribution in [-0.2, 0) is 0 Å². The van der Waals surface area contributed by atoms with Crippen molar-refractivity contribution in [2.75, 3.05) is 0 Å². The number of hydrogen-bond acceptors (Lipinski definition) is 0. The quantitative estimate of drug-likeness (QED) is 0.226. The van der Waals surface area contributed by atoms with E-state index in [9.17, 15) is 0 Å². The molecule has 1 radical (unpaired) electrons. The molecule has 0 atom stereocenters. The Bertz CT molecular complexity index is 184. The lowest BCUT2D eigenvalue weighted by atomic mass is 10.1. The van der Waals surface area contributed by atoms with Crippen LogP contribution in [0.4, 0.5) is 0 Å². The minimum atomic E-state index is 1.27. The zero-order valence-corrected chi connectivity index (χ0v) is 14.1. The zero-order chi connectivity index (χ0) is 14.0. The lowest BCUT2D eigenvalue weighted by Crippen LogP contribution is -1.75. The van der Waals surface area contributed by atoms with Crippen molar-refractivity contribution in [2.45, 2.75) is 90.9 Å². The molecule has 0 aliphatic carbocycles. The van der Waals surface area contributed by atoms with Crippen LogP contribution in [0.25, 0.3) is 0 Å². The average molecular weight is 281 g/mol. The van der Waals surface area contributed by atoms with Crippen molar-refractivity contribution in [3.05, 3.63) is 23.8 Å². The monoisotopic (exact) mass is 281 g/mol. The van der Waals surface area contributed by atoms with Crippen molar-refractivity contribution < 1.29 is 0 Å². The smallest absolute Gasteiger partial charge is 0.0267 e. The Morgan fingerprint density at radius 2 is 1.00 bits per heavy atom. The number of hydrogen-bond donors (Lipinski definition) is 0. The van der Waals surface area contributed by atoms with Crippen LogP contribution < -0.4 is 0 Å². The summed E-state index contributed by atoms with van der Waals surface area (Å²) in [7, 11) is 1.36. The van der Waals surface area contributed by atoms with Gasteiger partial charge in [0.1, 0.15) is 0 Å². The van der Waals surface area contributed by atoms with Crippen LogP contribution in [0.2, 0.25) is 0 Å². The predicted molar refractivity (Wildman–Crippen MR) is 92.0 cm³/mol. The standard InChI is InChI=1S/C18H34P/c1-3-5-7-9-11-13-15-17-19-18-16-14-12-10-8-6-4-2/h15-18H,3-14H2,1-2H3/b17-15+,18-16+. The molecule has 0 aliphatic heterocycles. The van der Waals surface area contributed by atoms with Crippen LogP contribution >= 0.6 is 8.58 Å². The molecule has 0 rings (SSSR count). The molecule has 0 bridgehead atoms. The largest absolute Gasteiger partial charge is 0.0834 e. The minimum Gasteiger partial charge on any atom is -0.0834 e. The Kier molecular flexibility index (Phi) is 17.8. The van der Waals surface area contributed by atoms with Gasteiger partial charge < -0.3 is 0 Å². The van der Waals surface area contributed by atoms with Crippen molar-refractivity contribution in [3.8, 4) is 0 Å². The van der Waals surface area contributed by atoms with E-state index in [0.29, 0.717) is 0 Å². The summed E-state index contributed by atoms with van der Waals surface area (Å²) in [5.74, 6) is 4.60. The highest BCUT2D eigenvalue weighted by molar-refractivity contribution is 7.45. The highest BCUT2D eigenvalue weighted by Gasteiger charge is 1.87. The summed E-state index contributed by atoms with van der Waals surface area (Å²) in [6, 6.07) is 0. The van der Waals surface area contributed by atoms with Crippen molar-refractivity contribution in [2.24, 2.45) is 0 Å². The first-order chi connectivity index (χ1) is 9.41. The summed E-state index contributed by atoms with van der Waals surface area (Å²) >= 11 is 0. The molecular formula is C18H34P. The van der Waals surface area contributed by atoms with Crippen molar-refractivity contribution in [1.82, 2.24) is 0 Å². The maximum Gasteiger partial charge on any atom is -0.0267 e. The van der Waals surface area contributed by atoms with Gasteiger partial charge in [0.25, 0.3) is 0 Å². The molecule has 0 amide bonds. The van der Waals surface area contributed by atoms with Crippen LogP contribution in [0.3, 0.4) is 0 Å². The van der Waals surface area contributed by atoms with E-state index in [1.165, 1.54) is 85.6 Å². The highest BCUT2D eigenvalue weighted by atomic mass is 31.1. The highest BCUT2D eigenvalue weighted by Crippen LogP contribution is 2.16. The molecule has 1 heteroatoms. The molecule has 0 aliphatic rings. The summed E-state index contributed by atoms with van der Waals surface area (Å²) in [5, 5.41) is 0. The third-order valence-corrected chi connectivity index (χ3v) is 4.10. The molecule has 0 unspecified atom stereocenters. The Labute approximate surface area is 123 Å². The van der Waals surface area contributed by atoms with E-state index in [0.717, 1.165) is 0 Å². The fraction of sp³-hybridized carbons (Fsp3) is 0.778. The van der Waals surface area contributed by atoms with Gasteiger partial charge >= 0.3 is 0 Å². The van der Waals surface area contributed by atoms with Gasteiger partial charge in [0.15, 0.2) is 0 Å². The lowest BCUT2D eigenvalue weighted by molar-refractivity contribution is 0.637. The fourth-order valence-electron chi connectivity index (χ4n) is 2.05. The second-order valence-electron chi connectivity index (χ2n) is 5.32. The third-order valence-electron chi connectivity index (χ3n) is 3.33. The summed E-state index contributed by atoms with van der Waals surface area (Å²) in [5.41, 5.74) is 0. The zero-order valence-electron chi connectivity index (χ0n) is 13.2. The maximum absolute atomic E-state index is 2.35. The van der Waals surface area contributed by atoms with Crippen LogP contribution in [0.1, 0.15) is 90.9 Å². The van der Waals surface area contributed by atoms with Crippen molar-refractivity contribution >= 4 is 8.58 Å². The molecule has 19 heavy (non-hydrogen) atoms. The molecule has 0 fully saturated rings. The SMILES string of the molecule is CCCCCCC/C=C/[P]/C=C/CCCCCCC. The van der Waals surface area contributed by atoms with Gasteiger partial charge in [0.05, 0.1) is 0 Å². The van der Waals surface area contributed by atoms with Gasteiger partial charge in [-0.25, -0.2) is 0 Å². The molecule has 0 heterocycles. The van der Waals surface area contributed by atoms with Crippen LogP contribution in [0, 0.1) is 0 Å². The molecule has 0 aromatic rings. The summed E-state index contributed by atoms with van der Waals surface area (Å²) in [6.45, 7) is 4.55. The molecule has 0 aromatic carbocycles. The third kappa shape index (κ3) is 17.9.